The highest BCUT2D eigenvalue weighted by molar-refractivity contribution is 5.78. The molecule has 0 saturated carbocycles. The molecule has 1 rings (SSSR count). The first-order valence-electron chi connectivity index (χ1n) is 7.27. The van der Waals surface area contributed by atoms with Crippen molar-refractivity contribution in [2.45, 2.75) is 33.2 Å². The minimum atomic E-state index is -0.511. The molecule has 0 radical (unpaired) electrons. The van der Waals surface area contributed by atoms with Crippen LogP contribution in [0.25, 0.3) is 0 Å². The summed E-state index contributed by atoms with van der Waals surface area (Å²) in [6.45, 7) is 6.73. The molecule has 0 heterocycles. The van der Waals surface area contributed by atoms with Crippen LogP contribution < -0.4 is 10.6 Å². The van der Waals surface area contributed by atoms with E-state index in [0.717, 1.165) is 5.56 Å². The number of amides is 2. The monoisotopic (exact) mass is 292 g/mol. The first-order chi connectivity index (χ1) is 10.0. The quantitative estimate of drug-likeness (QED) is 0.812. The zero-order valence-corrected chi connectivity index (χ0v) is 12.9. The molecule has 1 aromatic carbocycles. The van der Waals surface area contributed by atoms with Crippen LogP contribution in [0.2, 0.25) is 0 Å². The Hall–Kier alpha value is -2.04. The lowest BCUT2D eigenvalue weighted by Crippen LogP contribution is -2.35. The van der Waals surface area contributed by atoms with Gasteiger partial charge in [-0.15, -0.1) is 0 Å². The first-order valence-corrected chi connectivity index (χ1v) is 7.27. The van der Waals surface area contributed by atoms with Crippen LogP contribution in [-0.4, -0.2) is 25.2 Å². The fourth-order valence-electron chi connectivity index (χ4n) is 1.83. The predicted octanol–water partition coefficient (Wildman–Crippen LogP) is 2.64. The van der Waals surface area contributed by atoms with Crippen molar-refractivity contribution in [3.05, 3.63) is 35.9 Å². The Bertz CT molecular complexity index is 446. The normalized spacial score (nSPS) is 11.8. The summed E-state index contributed by atoms with van der Waals surface area (Å²) >= 11 is 0. The lowest BCUT2D eigenvalue weighted by atomic mass is 10.0. The number of hydrogen-bond donors (Lipinski definition) is 2. The number of ether oxygens (including phenoxy) is 1. The molecule has 0 aromatic heterocycles. The number of nitrogens with one attached hydrogen (secondary N) is 2. The fourth-order valence-corrected chi connectivity index (χ4v) is 1.83. The Morgan fingerprint density at radius 1 is 1.19 bits per heavy atom. The maximum absolute atomic E-state index is 12.0. The van der Waals surface area contributed by atoms with E-state index >= 15 is 0 Å². The second kappa shape index (κ2) is 9.00. The minimum absolute atomic E-state index is 0.0886. The van der Waals surface area contributed by atoms with E-state index in [9.17, 15) is 9.59 Å². The van der Waals surface area contributed by atoms with Crippen molar-refractivity contribution in [1.82, 2.24) is 10.6 Å². The highest BCUT2D eigenvalue weighted by Crippen LogP contribution is 2.16. The summed E-state index contributed by atoms with van der Waals surface area (Å²) in [5, 5.41) is 5.59. The van der Waals surface area contributed by atoms with Crippen molar-refractivity contribution in [3.8, 4) is 0 Å². The molecule has 0 unspecified atom stereocenters. The fraction of sp³-hybridized carbons (Fsp3) is 0.500. The van der Waals surface area contributed by atoms with Crippen LogP contribution in [-0.2, 0) is 9.53 Å². The van der Waals surface area contributed by atoms with Gasteiger partial charge in [-0.3, -0.25) is 4.79 Å². The first kappa shape index (κ1) is 17.0. The number of hydrogen-bond acceptors (Lipinski definition) is 3. The number of rotatable bonds is 7. The topological polar surface area (TPSA) is 67.4 Å². The van der Waals surface area contributed by atoms with Crippen LogP contribution in [0.3, 0.4) is 0 Å². The van der Waals surface area contributed by atoms with Gasteiger partial charge in [0.15, 0.2) is 0 Å². The van der Waals surface area contributed by atoms with Gasteiger partial charge in [-0.2, -0.15) is 0 Å². The van der Waals surface area contributed by atoms with Crippen molar-refractivity contribution in [3.63, 3.8) is 0 Å². The molecule has 0 saturated heterocycles. The standard InChI is InChI=1S/C16H24N2O3/c1-4-21-16(20)18-14(13-8-6-5-7-9-13)10-15(19)17-11-12(2)3/h5-9,12,14H,4,10-11H2,1-3H3,(H,17,19)(H,18,20)/t14-/m1/s1. The third kappa shape index (κ3) is 6.79. The molecule has 0 bridgehead atoms. The van der Waals surface area contributed by atoms with Crippen LogP contribution >= 0.6 is 0 Å². The van der Waals surface area contributed by atoms with Gasteiger partial charge < -0.3 is 15.4 Å². The Morgan fingerprint density at radius 3 is 2.43 bits per heavy atom. The second-order valence-corrected chi connectivity index (χ2v) is 5.23. The summed E-state index contributed by atoms with van der Waals surface area (Å²) in [7, 11) is 0. The van der Waals surface area contributed by atoms with Gasteiger partial charge in [-0.25, -0.2) is 4.79 Å². The van der Waals surface area contributed by atoms with Gasteiger partial charge in [0.05, 0.1) is 19.1 Å². The van der Waals surface area contributed by atoms with Crippen molar-refractivity contribution in [2.75, 3.05) is 13.2 Å². The molecular formula is C16H24N2O3. The molecule has 0 aliphatic heterocycles. The van der Waals surface area contributed by atoms with E-state index in [1.54, 1.807) is 6.92 Å². The van der Waals surface area contributed by atoms with Gasteiger partial charge in [0.1, 0.15) is 0 Å². The maximum atomic E-state index is 12.0. The lowest BCUT2D eigenvalue weighted by molar-refractivity contribution is -0.121. The van der Waals surface area contributed by atoms with Crippen molar-refractivity contribution in [2.24, 2.45) is 5.92 Å². The molecule has 116 valence electrons. The van der Waals surface area contributed by atoms with E-state index in [0.29, 0.717) is 19.1 Å². The van der Waals surface area contributed by atoms with Crippen LogP contribution in [0.5, 0.6) is 0 Å². The predicted molar refractivity (Wildman–Crippen MR) is 81.8 cm³/mol. The number of carbonyl (C=O) groups excluding carboxylic acids is 2. The van der Waals surface area contributed by atoms with Gasteiger partial charge in [-0.05, 0) is 18.4 Å². The van der Waals surface area contributed by atoms with Gasteiger partial charge >= 0.3 is 6.09 Å². The average Bonchev–Trinajstić information content (AvgIpc) is 2.45. The van der Waals surface area contributed by atoms with Crippen LogP contribution in [0.15, 0.2) is 30.3 Å². The Morgan fingerprint density at radius 2 is 1.86 bits per heavy atom. The van der Waals surface area contributed by atoms with Crippen molar-refractivity contribution >= 4 is 12.0 Å². The van der Waals surface area contributed by atoms with E-state index < -0.39 is 12.1 Å². The summed E-state index contributed by atoms with van der Waals surface area (Å²) in [5.41, 5.74) is 0.880. The summed E-state index contributed by atoms with van der Waals surface area (Å²) in [6.07, 6.45) is -0.321. The molecule has 5 nitrogen and oxygen atoms in total. The minimum Gasteiger partial charge on any atom is -0.450 e. The lowest BCUT2D eigenvalue weighted by Gasteiger charge is -2.19. The number of benzene rings is 1. The third-order valence-electron chi connectivity index (χ3n) is 2.87. The third-order valence-corrected chi connectivity index (χ3v) is 2.87. The molecule has 0 fully saturated rings. The van der Waals surface area contributed by atoms with Gasteiger partial charge in [-0.1, -0.05) is 44.2 Å². The Kier molecular flexibility index (Phi) is 7.29. The molecule has 21 heavy (non-hydrogen) atoms. The summed E-state index contributed by atoms with van der Waals surface area (Å²) in [6, 6.07) is 9.02. The average molecular weight is 292 g/mol. The van der Waals surface area contributed by atoms with Crippen molar-refractivity contribution in [1.29, 1.82) is 0 Å². The molecule has 1 aromatic rings. The van der Waals surface area contributed by atoms with Crippen LogP contribution in [0.4, 0.5) is 4.79 Å². The van der Waals surface area contributed by atoms with Gasteiger partial charge in [0.2, 0.25) is 5.91 Å². The molecule has 2 amide bonds. The summed E-state index contributed by atoms with van der Waals surface area (Å²) in [5.74, 6) is 0.302. The van der Waals surface area contributed by atoms with Crippen LogP contribution in [0, 0.1) is 5.92 Å². The molecule has 5 heteroatoms. The van der Waals surface area contributed by atoms with E-state index in [1.807, 2.05) is 44.2 Å². The molecule has 0 aliphatic carbocycles. The maximum Gasteiger partial charge on any atom is 0.407 e. The highest BCUT2D eigenvalue weighted by Gasteiger charge is 2.18. The van der Waals surface area contributed by atoms with Gasteiger partial charge in [0, 0.05) is 6.54 Å². The molecule has 0 aliphatic rings. The molecular weight excluding hydrogens is 268 g/mol. The smallest absolute Gasteiger partial charge is 0.407 e. The summed E-state index contributed by atoms with van der Waals surface area (Å²) < 4.78 is 4.89. The Labute approximate surface area is 126 Å². The zero-order valence-electron chi connectivity index (χ0n) is 12.9. The summed E-state index contributed by atoms with van der Waals surface area (Å²) in [4.78, 5) is 23.6. The number of carbonyl (C=O) groups is 2. The number of alkyl carbamates (subject to hydrolysis) is 1. The van der Waals surface area contributed by atoms with Crippen LogP contribution in [0.1, 0.15) is 38.8 Å². The van der Waals surface area contributed by atoms with E-state index in [-0.39, 0.29) is 12.3 Å². The van der Waals surface area contributed by atoms with E-state index in [1.165, 1.54) is 0 Å². The van der Waals surface area contributed by atoms with E-state index in [2.05, 4.69) is 10.6 Å². The second-order valence-electron chi connectivity index (χ2n) is 5.23. The molecule has 1 atom stereocenters. The van der Waals surface area contributed by atoms with E-state index in [4.69, 9.17) is 4.74 Å². The molecule has 2 N–H and O–H groups in total. The SMILES string of the molecule is CCOC(=O)N[C@H](CC(=O)NCC(C)C)c1ccccc1. The zero-order chi connectivity index (χ0) is 15.7. The largest absolute Gasteiger partial charge is 0.450 e. The van der Waals surface area contributed by atoms with Gasteiger partial charge in [0.25, 0.3) is 0 Å². The Balaban J connectivity index is 2.68. The van der Waals surface area contributed by atoms with Crippen molar-refractivity contribution < 1.29 is 14.3 Å². The molecule has 0 spiro atoms. The highest BCUT2D eigenvalue weighted by atomic mass is 16.5.